The molecule has 1 aliphatic rings. The largest absolute Gasteiger partial charge is 1.00 e. The molecule has 0 saturated heterocycles. The second-order valence-corrected chi connectivity index (χ2v) is 10.9. The zero-order valence-corrected chi connectivity index (χ0v) is 26.9. The first-order valence-corrected chi connectivity index (χ1v) is 13.9. The second kappa shape index (κ2) is 15.2. The van der Waals surface area contributed by atoms with Gasteiger partial charge in [-0.1, -0.05) is 81.8 Å². The second-order valence-electron chi connectivity index (χ2n) is 10.2. The van der Waals surface area contributed by atoms with Crippen molar-refractivity contribution in [2.45, 2.75) is 59.1 Å². The zero-order valence-electron chi connectivity index (χ0n) is 22.9. The molecule has 0 spiro atoms. The molecular formula is C33H33Cl2F3Zr-2. The summed E-state index contributed by atoms with van der Waals surface area (Å²) in [5, 5.41) is 0. The first-order valence-electron chi connectivity index (χ1n) is 12.5. The summed E-state index contributed by atoms with van der Waals surface area (Å²) < 4.78 is 37.9. The number of hydrogen-bond donors (Lipinski definition) is 0. The number of halogens is 5. The van der Waals surface area contributed by atoms with Gasteiger partial charge in [0.05, 0.1) is 0 Å². The summed E-state index contributed by atoms with van der Waals surface area (Å²) in [6, 6.07) is 27.9. The van der Waals surface area contributed by atoms with Crippen molar-refractivity contribution in [2.24, 2.45) is 0 Å². The van der Waals surface area contributed by atoms with Crippen molar-refractivity contribution in [3.63, 3.8) is 0 Å². The van der Waals surface area contributed by atoms with Gasteiger partial charge in [-0.2, -0.15) is 52.6 Å². The van der Waals surface area contributed by atoms with Gasteiger partial charge in [-0.15, -0.1) is 5.56 Å². The van der Waals surface area contributed by atoms with Crippen molar-refractivity contribution in [2.75, 3.05) is 0 Å². The summed E-state index contributed by atoms with van der Waals surface area (Å²) >= 11 is 1.18. The van der Waals surface area contributed by atoms with Gasteiger partial charge in [0.15, 0.2) is 0 Å². The molecule has 0 amide bonds. The van der Waals surface area contributed by atoms with E-state index in [0.29, 0.717) is 5.41 Å². The SMILES string of the molecule is CCc1[cH-]c(C)cc1C(C)(C)C.FC(F)(F)c1ccc([CH]=[Zr+2])cc1.[Cl-].[Cl-].[c-]1cccc2c1Cc1ccccc1-2. The van der Waals surface area contributed by atoms with E-state index in [1.165, 1.54) is 75.3 Å². The van der Waals surface area contributed by atoms with Gasteiger partial charge in [-0.3, -0.25) is 0 Å². The molecule has 0 fully saturated rings. The molecule has 39 heavy (non-hydrogen) atoms. The molecule has 6 heteroatoms. The van der Waals surface area contributed by atoms with Crippen LogP contribution in [0.4, 0.5) is 13.2 Å². The van der Waals surface area contributed by atoms with Gasteiger partial charge in [-0.25, -0.2) is 6.07 Å². The Labute approximate surface area is 258 Å². The van der Waals surface area contributed by atoms with E-state index in [2.05, 4.69) is 89.2 Å². The quantitative estimate of drug-likeness (QED) is 0.259. The zero-order chi connectivity index (χ0) is 27.2. The van der Waals surface area contributed by atoms with Crippen molar-refractivity contribution < 1.29 is 62.2 Å². The fraction of sp³-hybridized carbons (Fsp3) is 0.273. The van der Waals surface area contributed by atoms with Crippen molar-refractivity contribution in [3.8, 4) is 11.1 Å². The van der Waals surface area contributed by atoms with E-state index in [9.17, 15) is 13.2 Å². The van der Waals surface area contributed by atoms with E-state index in [-0.39, 0.29) is 24.8 Å². The van der Waals surface area contributed by atoms with Crippen molar-refractivity contribution in [1.82, 2.24) is 0 Å². The Kier molecular flexibility index (Phi) is 13.7. The number of rotatable bonds is 2. The van der Waals surface area contributed by atoms with Crippen LogP contribution in [0, 0.1) is 13.0 Å². The Morgan fingerprint density at radius 3 is 2.08 bits per heavy atom. The average molecular weight is 649 g/mol. The summed E-state index contributed by atoms with van der Waals surface area (Å²) in [5.41, 5.74) is 10.5. The Balaban J connectivity index is 0.000000286. The predicted molar refractivity (Wildman–Crippen MR) is 145 cm³/mol. The normalized spacial score (nSPS) is 11.3. The summed E-state index contributed by atoms with van der Waals surface area (Å²) in [6.07, 6.45) is -2.02. The van der Waals surface area contributed by atoms with E-state index >= 15 is 0 Å². The molecule has 0 unspecified atom stereocenters. The third-order valence-electron chi connectivity index (χ3n) is 6.33. The summed E-state index contributed by atoms with van der Waals surface area (Å²) in [6.45, 7) is 11.2. The van der Waals surface area contributed by atoms with Crippen molar-refractivity contribution in [1.29, 1.82) is 0 Å². The molecule has 0 nitrogen and oxygen atoms in total. The van der Waals surface area contributed by atoms with Crippen molar-refractivity contribution >= 4 is 3.71 Å². The van der Waals surface area contributed by atoms with Crippen LogP contribution >= 0.6 is 0 Å². The molecule has 1 aliphatic carbocycles. The third kappa shape index (κ3) is 9.63. The van der Waals surface area contributed by atoms with Crippen LogP contribution in [-0.4, -0.2) is 3.71 Å². The van der Waals surface area contributed by atoms with Crippen LogP contribution in [0.3, 0.4) is 0 Å². The minimum Gasteiger partial charge on any atom is -1.00 e. The van der Waals surface area contributed by atoms with Crippen LogP contribution in [0.15, 0.2) is 78.9 Å². The van der Waals surface area contributed by atoms with Gasteiger partial charge in [0.1, 0.15) is 0 Å². The molecular weight excluding hydrogens is 615 g/mol. The molecule has 0 saturated carbocycles. The van der Waals surface area contributed by atoms with Gasteiger partial charge in [0.25, 0.3) is 0 Å². The average Bonchev–Trinajstić information content (AvgIpc) is 3.44. The van der Waals surface area contributed by atoms with Crippen molar-refractivity contribution in [3.05, 3.63) is 124 Å². The van der Waals surface area contributed by atoms with Crippen LogP contribution < -0.4 is 24.8 Å². The minimum absolute atomic E-state index is 0. The summed E-state index contributed by atoms with van der Waals surface area (Å²) in [4.78, 5) is 0. The Morgan fingerprint density at radius 2 is 1.54 bits per heavy atom. The summed E-state index contributed by atoms with van der Waals surface area (Å²) in [5.74, 6) is 0. The molecule has 5 rings (SSSR count). The first kappa shape index (κ1) is 35.2. The van der Waals surface area contributed by atoms with Gasteiger partial charge in [-0.05, 0) is 6.42 Å². The number of fused-ring (bicyclic) bond motifs is 3. The molecule has 4 aromatic rings. The van der Waals surface area contributed by atoms with E-state index in [1.54, 1.807) is 0 Å². The molecule has 0 bridgehead atoms. The molecule has 0 atom stereocenters. The Bertz CT molecular complexity index is 1290. The molecule has 0 heterocycles. The molecule has 0 aliphatic heterocycles. The molecule has 0 radical (unpaired) electrons. The van der Waals surface area contributed by atoms with Gasteiger partial charge in [0, 0.05) is 0 Å². The van der Waals surface area contributed by atoms with Crippen LogP contribution in [0.25, 0.3) is 11.1 Å². The monoisotopic (exact) mass is 646 g/mol. The number of aryl methyl sites for hydroxylation is 2. The van der Waals surface area contributed by atoms with E-state index < -0.39 is 11.7 Å². The van der Waals surface area contributed by atoms with Crippen LogP contribution in [0.1, 0.15) is 66.6 Å². The fourth-order valence-electron chi connectivity index (χ4n) is 4.47. The van der Waals surface area contributed by atoms with Crippen LogP contribution in [-0.2, 0) is 48.7 Å². The smallest absolute Gasteiger partial charge is 0.0253 e. The fourth-order valence-corrected chi connectivity index (χ4v) is 4.94. The standard InChI is InChI=1S/C13H9.C12H19.C8H5F3.2ClH.Zr/c1-3-7-12-10(5-1)9-11-6-2-4-8-13(11)12;1-6-10-7-9(2)8-11(10)12(3,4)5;1-6-2-4-7(5-3-6)8(9,10)11;;;/h1-5,7-8H,9H2;7-8H,6H2,1-5H3;1-5H;2*1H;/q2*-1;;;;+2/p-2. The number of alkyl halides is 3. The maximum atomic E-state index is 12.0. The molecule has 206 valence electrons. The topological polar surface area (TPSA) is 0 Å². The predicted octanol–water partition coefficient (Wildman–Crippen LogP) is 3.04. The number of hydrogen-bond acceptors (Lipinski definition) is 0. The maximum Gasteiger partial charge on any atom is -0.0253 e. The molecule has 4 aromatic carbocycles. The maximum absolute atomic E-state index is 12.0. The van der Waals surface area contributed by atoms with E-state index in [4.69, 9.17) is 0 Å². The molecule has 0 N–H and O–H groups in total. The molecule has 0 aromatic heterocycles. The Morgan fingerprint density at radius 1 is 0.923 bits per heavy atom. The first-order chi connectivity index (χ1) is 17.4. The van der Waals surface area contributed by atoms with Gasteiger partial charge < -0.3 is 24.8 Å². The van der Waals surface area contributed by atoms with E-state index in [0.717, 1.165) is 30.5 Å². The van der Waals surface area contributed by atoms with Gasteiger partial charge in [0.2, 0.25) is 0 Å². The van der Waals surface area contributed by atoms with Gasteiger partial charge >= 0.3 is 82.7 Å². The van der Waals surface area contributed by atoms with E-state index in [1.807, 2.05) is 9.78 Å². The minimum atomic E-state index is -4.22. The summed E-state index contributed by atoms with van der Waals surface area (Å²) in [7, 11) is 0. The van der Waals surface area contributed by atoms with Crippen LogP contribution in [0.2, 0.25) is 0 Å². The van der Waals surface area contributed by atoms with Crippen LogP contribution in [0.5, 0.6) is 0 Å². The third-order valence-corrected chi connectivity index (χ3v) is 7.15. The number of benzene rings is 3. The Hall–Kier alpha value is -1.87.